The van der Waals surface area contributed by atoms with Gasteiger partial charge < -0.3 is 25.6 Å². The molecular formula is C33H46N4O5. The van der Waals surface area contributed by atoms with E-state index in [0.29, 0.717) is 32.4 Å². The number of piperidine rings is 1. The van der Waals surface area contributed by atoms with Gasteiger partial charge in [0.25, 0.3) is 0 Å². The molecule has 1 fully saturated rings. The number of hydrogen-bond donors (Lipinski definition) is 3. The molecule has 3 N–H and O–H groups in total. The van der Waals surface area contributed by atoms with Crippen LogP contribution in [-0.4, -0.2) is 59.5 Å². The molecular weight excluding hydrogens is 532 g/mol. The summed E-state index contributed by atoms with van der Waals surface area (Å²) in [5.74, 6) is -1.04. The van der Waals surface area contributed by atoms with E-state index >= 15 is 0 Å². The lowest BCUT2D eigenvalue weighted by Crippen LogP contribution is -2.55. The lowest BCUT2D eigenvalue weighted by atomic mass is 9.93. The standard InChI is InChI=1S/C33H46N4O5/c1-22(2)28(30(39)34-23(3)25-15-11-8-12-16-25)36-29(38)26-17-19-37(20-18-26)31(40)27(21-24-13-9-7-10-14-24)35-32(41)42-33(4,5)6/h7-16,22-23,26-28H,17-21H2,1-6H3,(H,34,39)(H,35,41)(H,36,38)/t23-,27+,28+/m1/s1. The molecule has 3 atom stereocenters. The molecule has 0 spiro atoms. The van der Waals surface area contributed by atoms with Crippen LogP contribution >= 0.6 is 0 Å². The van der Waals surface area contributed by atoms with E-state index in [2.05, 4.69) is 16.0 Å². The Hall–Kier alpha value is -3.88. The van der Waals surface area contributed by atoms with Gasteiger partial charge in [0.05, 0.1) is 6.04 Å². The Morgan fingerprint density at radius 3 is 1.98 bits per heavy atom. The third-order valence-electron chi connectivity index (χ3n) is 7.35. The van der Waals surface area contributed by atoms with Crippen LogP contribution < -0.4 is 16.0 Å². The van der Waals surface area contributed by atoms with Crippen LogP contribution in [0.25, 0.3) is 0 Å². The van der Waals surface area contributed by atoms with Gasteiger partial charge in [0.1, 0.15) is 17.7 Å². The average Bonchev–Trinajstić information content (AvgIpc) is 2.95. The summed E-state index contributed by atoms with van der Waals surface area (Å²) in [5, 5.41) is 8.74. The maximum absolute atomic E-state index is 13.6. The predicted octanol–water partition coefficient (Wildman–Crippen LogP) is 4.38. The highest BCUT2D eigenvalue weighted by molar-refractivity contribution is 5.89. The first-order chi connectivity index (χ1) is 19.8. The summed E-state index contributed by atoms with van der Waals surface area (Å²) in [7, 11) is 0. The molecule has 0 aromatic heterocycles. The Balaban J connectivity index is 1.59. The fourth-order valence-corrected chi connectivity index (χ4v) is 5.02. The van der Waals surface area contributed by atoms with Crippen LogP contribution in [0, 0.1) is 11.8 Å². The first kappa shape index (κ1) is 32.6. The fourth-order valence-electron chi connectivity index (χ4n) is 5.02. The normalized spacial score (nSPS) is 16.2. The van der Waals surface area contributed by atoms with Crippen LogP contribution in [0.15, 0.2) is 60.7 Å². The second-order valence-corrected chi connectivity index (χ2v) is 12.4. The van der Waals surface area contributed by atoms with Crippen molar-refractivity contribution in [2.24, 2.45) is 11.8 Å². The quantitative estimate of drug-likeness (QED) is 0.387. The maximum Gasteiger partial charge on any atom is 0.408 e. The zero-order valence-electron chi connectivity index (χ0n) is 25.7. The van der Waals surface area contributed by atoms with Crippen LogP contribution in [0.5, 0.6) is 0 Å². The number of alkyl carbamates (subject to hydrolysis) is 1. The second kappa shape index (κ2) is 14.8. The van der Waals surface area contributed by atoms with Gasteiger partial charge in [0.2, 0.25) is 17.7 Å². The van der Waals surface area contributed by atoms with Crippen molar-refractivity contribution in [1.82, 2.24) is 20.9 Å². The summed E-state index contributed by atoms with van der Waals surface area (Å²) in [6.07, 6.45) is 0.612. The average molecular weight is 579 g/mol. The molecule has 9 nitrogen and oxygen atoms in total. The minimum absolute atomic E-state index is 0.101. The summed E-state index contributed by atoms with van der Waals surface area (Å²) in [4.78, 5) is 54.2. The summed E-state index contributed by atoms with van der Waals surface area (Å²) < 4.78 is 5.41. The molecule has 0 bridgehead atoms. The third kappa shape index (κ3) is 9.89. The van der Waals surface area contributed by atoms with Gasteiger partial charge in [0, 0.05) is 25.4 Å². The highest BCUT2D eigenvalue weighted by Gasteiger charge is 2.34. The number of rotatable bonds is 10. The molecule has 1 heterocycles. The van der Waals surface area contributed by atoms with E-state index in [1.165, 1.54) is 0 Å². The minimum atomic E-state index is -0.798. The number of ether oxygens (including phenoxy) is 1. The van der Waals surface area contributed by atoms with Gasteiger partial charge in [-0.15, -0.1) is 0 Å². The number of amides is 4. The van der Waals surface area contributed by atoms with Crippen LogP contribution in [0.2, 0.25) is 0 Å². The van der Waals surface area contributed by atoms with Crippen molar-refractivity contribution in [3.8, 4) is 0 Å². The number of nitrogens with one attached hydrogen (secondary N) is 3. The number of carbonyl (C=O) groups is 4. The fraction of sp³-hybridized carbons (Fsp3) is 0.515. The molecule has 3 rings (SSSR count). The molecule has 2 aromatic rings. The molecule has 2 aromatic carbocycles. The number of carbonyl (C=O) groups excluding carboxylic acids is 4. The highest BCUT2D eigenvalue weighted by atomic mass is 16.6. The largest absolute Gasteiger partial charge is 0.444 e. The molecule has 1 aliphatic heterocycles. The maximum atomic E-state index is 13.6. The van der Waals surface area contributed by atoms with E-state index in [-0.39, 0.29) is 35.6 Å². The van der Waals surface area contributed by atoms with Gasteiger partial charge in [-0.05, 0) is 57.6 Å². The SMILES string of the molecule is CC(C)[C@H](NC(=O)C1CCN(C(=O)[C@H](Cc2ccccc2)NC(=O)OC(C)(C)C)CC1)C(=O)N[C@H](C)c1ccccc1. The van der Waals surface area contributed by atoms with Crippen LogP contribution in [-0.2, 0) is 25.5 Å². The van der Waals surface area contributed by atoms with Crippen molar-refractivity contribution in [3.63, 3.8) is 0 Å². The Morgan fingerprint density at radius 2 is 1.43 bits per heavy atom. The van der Waals surface area contributed by atoms with Gasteiger partial charge in [-0.2, -0.15) is 0 Å². The van der Waals surface area contributed by atoms with Crippen LogP contribution in [0.4, 0.5) is 4.79 Å². The van der Waals surface area contributed by atoms with Crippen LogP contribution in [0.3, 0.4) is 0 Å². The van der Waals surface area contributed by atoms with Crippen LogP contribution in [0.1, 0.15) is 71.6 Å². The van der Waals surface area contributed by atoms with Crippen molar-refractivity contribution in [1.29, 1.82) is 0 Å². The monoisotopic (exact) mass is 578 g/mol. The van der Waals surface area contributed by atoms with E-state index < -0.39 is 23.8 Å². The molecule has 228 valence electrons. The van der Waals surface area contributed by atoms with Gasteiger partial charge in [0.15, 0.2) is 0 Å². The van der Waals surface area contributed by atoms with Crippen molar-refractivity contribution < 1.29 is 23.9 Å². The first-order valence-electron chi connectivity index (χ1n) is 14.8. The van der Waals surface area contributed by atoms with Gasteiger partial charge >= 0.3 is 6.09 Å². The number of likely N-dealkylation sites (tertiary alicyclic amines) is 1. The lowest BCUT2D eigenvalue weighted by molar-refractivity contribution is -0.138. The van der Waals surface area contributed by atoms with E-state index in [0.717, 1.165) is 11.1 Å². The summed E-state index contributed by atoms with van der Waals surface area (Å²) in [5.41, 5.74) is 1.21. The Kier molecular flexibility index (Phi) is 11.5. The predicted molar refractivity (Wildman–Crippen MR) is 162 cm³/mol. The molecule has 0 saturated carbocycles. The van der Waals surface area contributed by atoms with Crippen molar-refractivity contribution >= 4 is 23.8 Å². The molecule has 0 aliphatic carbocycles. The smallest absolute Gasteiger partial charge is 0.408 e. The molecule has 4 amide bonds. The van der Waals surface area contributed by atoms with Crippen molar-refractivity contribution in [2.75, 3.05) is 13.1 Å². The van der Waals surface area contributed by atoms with E-state index in [1.54, 1.807) is 25.7 Å². The molecule has 42 heavy (non-hydrogen) atoms. The first-order valence-corrected chi connectivity index (χ1v) is 14.8. The van der Waals surface area contributed by atoms with Crippen molar-refractivity contribution in [3.05, 3.63) is 71.8 Å². The molecule has 1 saturated heterocycles. The number of nitrogens with zero attached hydrogens (tertiary/aromatic N) is 1. The van der Waals surface area contributed by atoms with E-state index in [9.17, 15) is 19.2 Å². The second-order valence-electron chi connectivity index (χ2n) is 12.4. The topological polar surface area (TPSA) is 117 Å². The highest BCUT2D eigenvalue weighted by Crippen LogP contribution is 2.21. The molecule has 0 radical (unpaired) electrons. The lowest BCUT2D eigenvalue weighted by Gasteiger charge is -2.35. The molecule has 1 aliphatic rings. The number of benzene rings is 2. The third-order valence-corrected chi connectivity index (χ3v) is 7.35. The van der Waals surface area contributed by atoms with Gasteiger partial charge in [-0.3, -0.25) is 14.4 Å². The molecule has 0 unspecified atom stereocenters. The summed E-state index contributed by atoms with van der Waals surface area (Å²) >= 11 is 0. The summed E-state index contributed by atoms with van der Waals surface area (Å²) in [6.45, 7) is 11.8. The minimum Gasteiger partial charge on any atom is -0.444 e. The molecule has 9 heteroatoms. The Labute approximate surface area is 249 Å². The van der Waals surface area contributed by atoms with E-state index in [1.807, 2.05) is 81.4 Å². The summed E-state index contributed by atoms with van der Waals surface area (Å²) in [6, 6.07) is 17.5. The number of hydrogen-bond acceptors (Lipinski definition) is 5. The zero-order valence-corrected chi connectivity index (χ0v) is 25.7. The van der Waals surface area contributed by atoms with Crippen molar-refractivity contribution in [2.45, 2.75) is 84.5 Å². The van der Waals surface area contributed by atoms with E-state index in [4.69, 9.17) is 4.74 Å². The van der Waals surface area contributed by atoms with Gasteiger partial charge in [-0.1, -0.05) is 74.5 Å². The Morgan fingerprint density at radius 1 is 0.857 bits per heavy atom. The Bertz CT molecular complexity index is 1190. The zero-order chi connectivity index (χ0) is 30.9. The van der Waals surface area contributed by atoms with Gasteiger partial charge in [-0.25, -0.2) is 4.79 Å².